The van der Waals surface area contributed by atoms with Crippen molar-refractivity contribution in [3.05, 3.63) is 41.5 Å². The standard InChI is InChI=1S/C19H29FN6/c1-4-24-9-11-25(12-10-24)18(13-15(2)3)19-21-22-23-26(19)14-16-5-7-17(20)8-6-16/h5-8,15,18H,4,9-14H2,1-3H3/t18-/m1/s1. The summed E-state index contributed by atoms with van der Waals surface area (Å²) in [6, 6.07) is 6.75. The van der Waals surface area contributed by atoms with Gasteiger partial charge in [-0.3, -0.25) is 4.90 Å². The Labute approximate surface area is 155 Å². The van der Waals surface area contributed by atoms with Gasteiger partial charge in [0, 0.05) is 26.2 Å². The second-order valence-corrected chi connectivity index (χ2v) is 7.44. The molecule has 2 heterocycles. The third-order valence-electron chi connectivity index (χ3n) is 5.09. The first-order chi connectivity index (χ1) is 12.6. The minimum absolute atomic E-state index is 0.212. The number of hydrogen-bond acceptors (Lipinski definition) is 5. The second kappa shape index (κ2) is 8.68. The Bertz CT molecular complexity index is 676. The highest BCUT2D eigenvalue weighted by atomic mass is 19.1. The van der Waals surface area contributed by atoms with Gasteiger partial charge in [0.15, 0.2) is 5.82 Å². The quantitative estimate of drug-likeness (QED) is 0.760. The third-order valence-corrected chi connectivity index (χ3v) is 5.09. The van der Waals surface area contributed by atoms with Crippen molar-refractivity contribution >= 4 is 0 Å². The van der Waals surface area contributed by atoms with Crippen molar-refractivity contribution in [2.45, 2.75) is 39.8 Å². The highest BCUT2D eigenvalue weighted by molar-refractivity contribution is 5.16. The SMILES string of the molecule is CCN1CCN([C@H](CC(C)C)c2nnnn2Cc2ccc(F)cc2)CC1. The Morgan fingerprint density at radius 3 is 2.38 bits per heavy atom. The van der Waals surface area contributed by atoms with Crippen LogP contribution in [0.2, 0.25) is 0 Å². The summed E-state index contributed by atoms with van der Waals surface area (Å²) in [7, 11) is 0. The van der Waals surface area contributed by atoms with E-state index in [1.807, 2.05) is 4.68 Å². The summed E-state index contributed by atoms with van der Waals surface area (Å²) in [6.07, 6.45) is 1.02. The zero-order valence-electron chi connectivity index (χ0n) is 16.0. The maximum atomic E-state index is 13.2. The van der Waals surface area contributed by atoms with Crippen molar-refractivity contribution in [1.82, 2.24) is 30.0 Å². The van der Waals surface area contributed by atoms with Gasteiger partial charge in [-0.1, -0.05) is 32.9 Å². The largest absolute Gasteiger partial charge is 0.301 e. The second-order valence-electron chi connectivity index (χ2n) is 7.44. The van der Waals surface area contributed by atoms with Gasteiger partial charge in [-0.05, 0) is 47.0 Å². The first kappa shape index (κ1) is 18.9. The Morgan fingerprint density at radius 1 is 1.08 bits per heavy atom. The average Bonchev–Trinajstić information content (AvgIpc) is 3.09. The van der Waals surface area contributed by atoms with Gasteiger partial charge in [0.25, 0.3) is 0 Å². The van der Waals surface area contributed by atoms with E-state index in [-0.39, 0.29) is 11.9 Å². The van der Waals surface area contributed by atoms with E-state index in [4.69, 9.17) is 0 Å². The van der Waals surface area contributed by atoms with E-state index in [2.05, 4.69) is 46.1 Å². The molecule has 0 unspecified atom stereocenters. The van der Waals surface area contributed by atoms with Gasteiger partial charge in [0.05, 0.1) is 12.6 Å². The molecule has 3 rings (SSSR count). The molecule has 6 nitrogen and oxygen atoms in total. The summed E-state index contributed by atoms with van der Waals surface area (Å²) in [5.41, 5.74) is 0.999. The lowest BCUT2D eigenvalue weighted by Crippen LogP contribution is -2.48. The monoisotopic (exact) mass is 360 g/mol. The number of rotatable bonds is 7. The summed E-state index contributed by atoms with van der Waals surface area (Å²) in [4.78, 5) is 4.99. The Balaban J connectivity index is 1.79. The molecule has 26 heavy (non-hydrogen) atoms. The zero-order chi connectivity index (χ0) is 18.5. The number of likely N-dealkylation sites (N-methyl/N-ethyl adjacent to an activating group) is 1. The molecule has 1 aromatic heterocycles. The van der Waals surface area contributed by atoms with E-state index in [0.717, 1.165) is 50.5 Å². The smallest absolute Gasteiger partial charge is 0.168 e. The molecule has 1 saturated heterocycles. The van der Waals surface area contributed by atoms with Crippen LogP contribution in [0.25, 0.3) is 0 Å². The van der Waals surface area contributed by atoms with Crippen molar-refractivity contribution in [3.63, 3.8) is 0 Å². The van der Waals surface area contributed by atoms with Gasteiger partial charge in [0.1, 0.15) is 5.82 Å². The van der Waals surface area contributed by atoms with Gasteiger partial charge < -0.3 is 4.90 Å². The molecule has 0 spiro atoms. The van der Waals surface area contributed by atoms with E-state index in [1.165, 1.54) is 12.1 Å². The predicted octanol–water partition coefficient (Wildman–Crippen LogP) is 2.59. The van der Waals surface area contributed by atoms with Crippen LogP contribution < -0.4 is 0 Å². The normalized spacial score (nSPS) is 17.7. The maximum Gasteiger partial charge on any atom is 0.168 e. The minimum Gasteiger partial charge on any atom is -0.301 e. The Kier molecular flexibility index (Phi) is 6.32. The first-order valence-electron chi connectivity index (χ1n) is 9.53. The summed E-state index contributed by atoms with van der Waals surface area (Å²) < 4.78 is 15.0. The van der Waals surface area contributed by atoms with Crippen molar-refractivity contribution in [1.29, 1.82) is 0 Å². The van der Waals surface area contributed by atoms with Crippen LogP contribution in [-0.4, -0.2) is 62.7 Å². The number of hydrogen-bond donors (Lipinski definition) is 0. The predicted molar refractivity (Wildman–Crippen MR) is 99.2 cm³/mol. The molecule has 1 aliphatic heterocycles. The first-order valence-corrected chi connectivity index (χ1v) is 9.53. The molecule has 0 N–H and O–H groups in total. The van der Waals surface area contributed by atoms with Gasteiger partial charge in [-0.2, -0.15) is 0 Å². The Hall–Kier alpha value is -1.86. The van der Waals surface area contributed by atoms with E-state index < -0.39 is 0 Å². The molecule has 0 amide bonds. The molecule has 0 radical (unpaired) electrons. The van der Waals surface area contributed by atoms with Crippen LogP contribution in [0.15, 0.2) is 24.3 Å². The fraction of sp³-hybridized carbons (Fsp3) is 0.632. The highest BCUT2D eigenvalue weighted by Crippen LogP contribution is 2.27. The van der Waals surface area contributed by atoms with Crippen molar-refractivity contribution in [3.8, 4) is 0 Å². The molecule has 1 aliphatic rings. The Morgan fingerprint density at radius 2 is 1.77 bits per heavy atom. The number of piperazine rings is 1. The maximum absolute atomic E-state index is 13.2. The van der Waals surface area contributed by atoms with Crippen LogP contribution in [0.4, 0.5) is 4.39 Å². The third kappa shape index (κ3) is 4.65. The van der Waals surface area contributed by atoms with Crippen molar-refractivity contribution in [2.24, 2.45) is 5.92 Å². The minimum atomic E-state index is -0.225. The molecule has 1 atom stereocenters. The van der Waals surface area contributed by atoms with E-state index in [0.29, 0.717) is 12.5 Å². The van der Waals surface area contributed by atoms with Crippen LogP contribution in [0, 0.1) is 11.7 Å². The topological polar surface area (TPSA) is 50.1 Å². The molecule has 7 heteroatoms. The van der Waals surface area contributed by atoms with Crippen LogP contribution in [0.3, 0.4) is 0 Å². The zero-order valence-corrected chi connectivity index (χ0v) is 16.0. The molecule has 0 saturated carbocycles. The molecular weight excluding hydrogens is 331 g/mol. The summed E-state index contributed by atoms with van der Waals surface area (Å²) >= 11 is 0. The number of halogens is 1. The molecule has 142 valence electrons. The summed E-state index contributed by atoms with van der Waals surface area (Å²) in [5, 5.41) is 12.5. The summed E-state index contributed by atoms with van der Waals surface area (Å²) in [6.45, 7) is 12.6. The van der Waals surface area contributed by atoms with E-state index in [9.17, 15) is 4.39 Å². The molecule has 1 aromatic carbocycles. The summed E-state index contributed by atoms with van der Waals surface area (Å²) in [5.74, 6) is 1.24. The molecular formula is C19H29FN6. The number of tetrazole rings is 1. The molecule has 1 fully saturated rings. The number of benzene rings is 1. The molecule has 0 aliphatic carbocycles. The van der Waals surface area contributed by atoms with Gasteiger partial charge >= 0.3 is 0 Å². The fourth-order valence-electron chi connectivity index (χ4n) is 3.58. The lowest BCUT2D eigenvalue weighted by Gasteiger charge is -2.39. The van der Waals surface area contributed by atoms with Crippen molar-refractivity contribution < 1.29 is 4.39 Å². The van der Waals surface area contributed by atoms with Crippen molar-refractivity contribution in [2.75, 3.05) is 32.7 Å². The number of aromatic nitrogens is 4. The highest BCUT2D eigenvalue weighted by Gasteiger charge is 2.29. The van der Waals surface area contributed by atoms with E-state index >= 15 is 0 Å². The van der Waals surface area contributed by atoms with Gasteiger partial charge in [0.2, 0.25) is 0 Å². The van der Waals surface area contributed by atoms with Crippen LogP contribution in [0.1, 0.15) is 44.6 Å². The fourth-order valence-corrected chi connectivity index (χ4v) is 3.58. The lowest BCUT2D eigenvalue weighted by molar-refractivity contribution is 0.0834. The van der Waals surface area contributed by atoms with Gasteiger partial charge in [-0.15, -0.1) is 5.10 Å². The van der Waals surface area contributed by atoms with Crippen LogP contribution >= 0.6 is 0 Å². The van der Waals surface area contributed by atoms with Gasteiger partial charge in [-0.25, -0.2) is 9.07 Å². The van der Waals surface area contributed by atoms with E-state index in [1.54, 1.807) is 12.1 Å². The number of nitrogens with zero attached hydrogens (tertiary/aromatic N) is 6. The van der Waals surface area contributed by atoms with Crippen LogP contribution in [-0.2, 0) is 6.54 Å². The lowest BCUT2D eigenvalue weighted by atomic mass is 10.0. The average molecular weight is 360 g/mol. The van der Waals surface area contributed by atoms with Crippen LogP contribution in [0.5, 0.6) is 0 Å². The molecule has 2 aromatic rings. The molecule has 0 bridgehead atoms.